The summed E-state index contributed by atoms with van der Waals surface area (Å²) < 4.78 is 14.5. The molecule has 0 fully saturated rings. The number of nitrogens with zero attached hydrogens (tertiary/aromatic N) is 2. The van der Waals surface area contributed by atoms with Crippen molar-refractivity contribution in [3.05, 3.63) is 42.3 Å². The van der Waals surface area contributed by atoms with Gasteiger partial charge in [0.05, 0.1) is 0 Å². The van der Waals surface area contributed by atoms with Crippen molar-refractivity contribution in [3.63, 3.8) is 0 Å². The fraction of sp³-hybridized carbons (Fsp3) is 0.182. The van der Waals surface area contributed by atoms with Gasteiger partial charge in [0.1, 0.15) is 5.82 Å². The zero-order valence-electron chi connectivity index (χ0n) is 8.44. The summed E-state index contributed by atoms with van der Waals surface area (Å²) in [6.45, 7) is 2.86. The van der Waals surface area contributed by atoms with Gasteiger partial charge in [-0.1, -0.05) is 0 Å². The van der Waals surface area contributed by atoms with Gasteiger partial charge in [0.2, 0.25) is 0 Å². The molecule has 0 atom stereocenters. The van der Waals surface area contributed by atoms with E-state index in [9.17, 15) is 4.39 Å². The van der Waals surface area contributed by atoms with Gasteiger partial charge >= 0.3 is 0 Å². The number of nitrogens with one attached hydrogen (secondary N) is 1. The summed E-state index contributed by atoms with van der Waals surface area (Å²) in [4.78, 5) is 0. The van der Waals surface area contributed by atoms with E-state index in [1.54, 1.807) is 12.1 Å². The van der Waals surface area contributed by atoms with Crippen LogP contribution < -0.4 is 5.32 Å². The van der Waals surface area contributed by atoms with E-state index < -0.39 is 0 Å². The van der Waals surface area contributed by atoms with Crippen molar-refractivity contribution in [1.29, 1.82) is 0 Å². The lowest BCUT2D eigenvalue weighted by molar-refractivity contribution is 0.628. The molecule has 0 aliphatic rings. The summed E-state index contributed by atoms with van der Waals surface area (Å²) in [5.41, 5.74) is 0.831. The topological polar surface area (TPSA) is 29.9 Å². The normalized spacial score (nSPS) is 10.3. The van der Waals surface area contributed by atoms with Crippen LogP contribution in [0.3, 0.4) is 0 Å². The summed E-state index contributed by atoms with van der Waals surface area (Å²) in [6, 6.07) is 8.08. The van der Waals surface area contributed by atoms with Gasteiger partial charge in [0.15, 0.2) is 5.82 Å². The quantitative estimate of drug-likeness (QED) is 0.835. The van der Waals surface area contributed by atoms with E-state index >= 15 is 0 Å². The van der Waals surface area contributed by atoms with Crippen LogP contribution in [0, 0.1) is 5.82 Å². The van der Waals surface area contributed by atoms with E-state index in [0.29, 0.717) is 0 Å². The first-order valence-corrected chi connectivity index (χ1v) is 4.84. The van der Waals surface area contributed by atoms with Gasteiger partial charge in [0, 0.05) is 24.5 Å². The lowest BCUT2D eigenvalue weighted by Crippen LogP contribution is -1.96. The smallest absolute Gasteiger partial charge is 0.152 e. The summed E-state index contributed by atoms with van der Waals surface area (Å²) in [5.74, 6) is 0.531. The van der Waals surface area contributed by atoms with Crippen LogP contribution in [0.2, 0.25) is 0 Å². The lowest BCUT2D eigenvalue weighted by atomic mass is 10.3. The van der Waals surface area contributed by atoms with Crippen LogP contribution in [0.15, 0.2) is 36.5 Å². The van der Waals surface area contributed by atoms with Gasteiger partial charge in [-0.3, -0.25) is 4.68 Å². The van der Waals surface area contributed by atoms with Gasteiger partial charge in [0.25, 0.3) is 0 Å². The maximum atomic E-state index is 12.6. The molecule has 0 aliphatic heterocycles. The summed E-state index contributed by atoms with van der Waals surface area (Å²) in [5, 5.41) is 7.35. The molecule has 1 heterocycles. The molecule has 0 aliphatic carbocycles. The van der Waals surface area contributed by atoms with Gasteiger partial charge in [-0.05, 0) is 31.2 Å². The van der Waals surface area contributed by atoms with Crippen LogP contribution in [-0.4, -0.2) is 9.78 Å². The van der Waals surface area contributed by atoms with Crippen molar-refractivity contribution in [3.8, 4) is 0 Å². The Hall–Kier alpha value is -1.84. The Kier molecular flexibility index (Phi) is 2.67. The van der Waals surface area contributed by atoms with Gasteiger partial charge < -0.3 is 5.32 Å². The van der Waals surface area contributed by atoms with Gasteiger partial charge in [-0.2, -0.15) is 5.10 Å². The third kappa shape index (κ3) is 2.34. The Morgan fingerprint density at radius 2 is 2.00 bits per heavy atom. The summed E-state index contributed by atoms with van der Waals surface area (Å²) in [6.07, 6.45) is 1.89. The molecule has 0 unspecified atom stereocenters. The minimum absolute atomic E-state index is 0.236. The maximum absolute atomic E-state index is 12.6. The number of hydrogen-bond donors (Lipinski definition) is 1. The molecule has 78 valence electrons. The highest BCUT2D eigenvalue weighted by atomic mass is 19.1. The number of aryl methyl sites for hydroxylation is 1. The number of halogens is 1. The molecular weight excluding hydrogens is 193 g/mol. The Morgan fingerprint density at radius 1 is 1.27 bits per heavy atom. The maximum Gasteiger partial charge on any atom is 0.152 e. The first-order valence-electron chi connectivity index (χ1n) is 4.84. The third-order valence-electron chi connectivity index (χ3n) is 2.08. The van der Waals surface area contributed by atoms with E-state index in [1.807, 2.05) is 23.9 Å². The largest absolute Gasteiger partial charge is 0.339 e. The molecule has 1 aromatic carbocycles. The standard InChI is InChI=1S/C11H12FN3/c1-2-15-8-7-11(14-15)13-10-5-3-9(12)4-6-10/h3-8H,2H2,1H3,(H,13,14). The highest BCUT2D eigenvalue weighted by Gasteiger charge is 1.98. The van der Waals surface area contributed by atoms with Crippen molar-refractivity contribution in [2.45, 2.75) is 13.5 Å². The van der Waals surface area contributed by atoms with Crippen LogP contribution in [0.4, 0.5) is 15.9 Å². The van der Waals surface area contributed by atoms with Gasteiger partial charge in [-0.25, -0.2) is 4.39 Å². The van der Waals surface area contributed by atoms with Crippen LogP contribution in [-0.2, 0) is 6.54 Å². The van der Waals surface area contributed by atoms with E-state index in [2.05, 4.69) is 10.4 Å². The molecule has 0 saturated heterocycles. The van der Waals surface area contributed by atoms with E-state index in [-0.39, 0.29) is 5.82 Å². The molecule has 0 amide bonds. The van der Waals surface area contributed by atoms with E-state index in [1.165, 1.54) is 12.1 Å². The van der Waals surface area contributed by atoms with Crippen molar-refractivity contribution >= 4 is 11.5 Å². The molecule has 3 nitrogen and oxygen atoms in total. The van der Waals surface area contributed by atoms with Crippen molar-refractivity contribution in [1.82, 2.24) is 9.78 Å². The fourth-order valence-corrected chi connectivity index (χ4v) is 1.29. The molecule has 0 radical (unpaired) electrons. The molecule has 4 heteroatoms. The molecule has 1 N–H and O–H groups in total. The predicted molar refractivity (Wildman–Crippen MR) is 57.6 cm³/mol. The van der Waals surface area contributed by atoms with Crippen LogP contribution in [0.25, 0.3) is 0 Å². The van der Waals surface area contributed by atoms with Crippen LogP contribution >= 0.6 is 0 Å². The van der Waals surface area contributed by atoms with Crippen molar-refractivity contribution in [2.75, 3.05) is 5.32 Å². The Labute approximate surface area is 87.5 Å². The molecule has 1 aromatic heterocycles. The SMILES string of the molecule is CCn1ccc(Nc2ccc(F)cc2)n1. The van der Waals surface area contributed by atoms with Crippen LogP contribution in [0.1, 0.15) is 6.92 Å². The molecule has 0 bridgehead atoms. The van der Waals surface area contributed by atoms with Crippen molar-refractivity contribution in [2.24, 2.45) is 0 Å². The highest BCUT2D eigenvalue weighted by molar-refractivity contribution is 5.55. The zero-order chi connectivity index (χ0) is 10.7. The summed E-state index contributed by atoms with van der Waals surface area (Å²) in [7, 11) is 0. The second kappa shape index (κ2) is 4.13. The van der Waals surface area contributed by atoms with E-state index in [4.69, 9.17) is 0 Å². The van der Waals surface area contributed by atoms with Crippen LogP contribution in [0.5, 0.6) is 0 Å². The number of benzene rings is 1. The lowest BCUT2D eigenvalue weighted by Gasteiger charge is -2.01. The summed E-state index contributed by atoms with van der Waals surface area (Å²) >= 11 is 0. The number of rotatable bonds is 3. The first kappa shape index (κ1) is 9.71. The van der Waals surface area contributed by atoms with E-state index in [0.717, 1.165) is 18.1 Å². The average molecular weight is 205 g/mol. The minimum atomic E-state index is -0.236. The molecule has 2 rings (SSSR count). The molecule has 15 heavy (non-hydrogen) atoms. The third-order valence-corrected chi connectivity index (χ3v) is 2.08. The molecular formula is C11H12FN3. The predicted octanol–water partition coefficient (Wildman–Crippen LogP) is 2.79. The second-order valence-corrected chi connectivity index (χ2v) is 3.19. The Balaban J connectivity index is 2.11. The van der Waals surface area contributed by atoms with Gasteiger partial charge in [-0.15, -0.1) is 0 Å². The molecule has 2 aromatic rings. The fourth-order valence-electron chi connectivity index (χ4n) is 1.29. The van der Waals surface area contributed by atoms with Crippen molar-refractivity contribution < 1.29 is 4.39 Å². The molecule has 0 spiro atoms. The minimum Gasteiger partial charge on any atom is -0.339 e. The average Bonchev–Trinajstić information content (AvgIpc) is 2.69. The highest BCUT2D eigenvalue weighted by Crippen LogP contribution is 2.14. The molecule has 0 saturated carbocycles. The first-order chi connectivity index (χ1) is 7.28. The zero-order valence-corrected chi connectivity index (χ0v) is 8.44. The monoisotopic (exact) mass is 205 g/mol. The number of aromatic nitrogens is 2. The second-order valence-electron chi connectivity index (χ2n) is 3.19. The Bertz CT molecular complexity index is 433. The number of hydrogen-bond acceptors (Lipinski definition) is 2. The Morgan fingerprint density at radius 3 is 2.60 bits per heavy atom. The number of anilines is 2.